The van der Waals surface area contributed by atoms with Gasteiger partial charge >= 0.3 is 5.97 Å². The van der Waals surface area contributed by atoms with Crippen LogP contribution in [0.4, 0.5) is 0 Å². The molecule has 0 aliphatic heterocycles. The van der Waals surface area contributed by atoms with Crippen molar-refractivity contribution < 1.29 is 23.9 Å². The minimum atomic E-state index is -1.03. The molecule has 7 nitrogen and oxygen atoms in total. The minimum Gasteiger partial charge on any atom is -0.489 e. The van der Waals surface area contributed by atoms with Crippen molar-refractivity contribution in [3.05, 3.63) is 87.0 Å². The van der Waals surface area contributed by atoms with Gasteiger partial charge in [0.05, 0.1) is 21.8 Å². The number of ether oxygens (including phenoxy) is 2. The second-order valence-corrected chi connectivity index (χ2v) is 10.4. The largest absolute Gasteiger partial charge is 0.489 e. The number of aromatic carboxylic acids is 1. The quantitative estimate of drug-likeness (QED) is 0.207. The van der Waals surface area contributed by atoms with Crippen LogP contribution in [0.3, 0.4) is 0 Å². The molecule has 0 radical (unpaired) electrons. The van der Waals surface area contributed by atoms with Gasteiger partial charge < -0.3 is 19.1 Å². The third-order valence-corrected chi connectivity index (χ3v) is 7.53. The van der Waals surface area contributed by atoms with E-state index in [0.29, 0.717) is 38.7 Å². The first-order valence-corrected chi connectivity index (χ1v) is 13.0. The van der Waals surface area contributed by atoms with Gasteiger partial charge in [0.1, 0.15) is 34.4 Å². The summed E-state index contributed by atoms with van der Waals surface area (Å²) in [6.45, 7) is 0.259. The van der Waals surface area contributed by atoms with Gasteiger partial charge in [0, 0.05) is 11.5 Å². The standard InChI is InChI=1S/C27H18Cl2N2O5S/c28-20-2-1-3-21(29)23(20)24-19(25(36-31-24)14-4-5-14)13-34-17-8-6-16-11-18(9-7-15(16)10-17)35-27-30-12-22(37-27)26(32)33/h1-3,6-12,14H,4-5,13H2,(H,32,33). The summed E-state index contributed by atoms with van der Waals surface area (Å²) in [5.74, 6) is 1.37. The van der Waals surface area contributed by atoms with E-state index in [1.165, 1.54) is 6.20 Å². The van der Waals surface area contributed by atoms with Crippen molar-refractivity contribution in [3.8, 4) is 28.0 Å². The Hall–Kier alpha value is -3.59. The van der Waals surface area contributed by atoms with Crippen LogP contribution in [0.2, 0.25) is 10.0 Å². The maximum absolute atomic E-state index is 11.1. The van der Waals surface area contributed by atoms with Crippen molar-refractivity contribution in [2.24, 2.45) is 0 Å². The molecular weight excluding hydrogens is 535 g/mol. The predicted molar refractivity (Wildman–Crippen MR) is 141 cm³/mol. The minimum absolute atomic E-state index is 0.121. The van der Waals surface area contributed by atoms with Gasteiger partial charge in [0.15, 0.2) is 0 Å². The summed E-state index contributed by atoms with van der Waals surface area (Å²) in [7, 11) is 0. The van der Waals surface area contributed by atoms with Crippen LogP contribution in [0, 0.1) is 0 Å². The summed E-state index contributed by atoms with van der Waals surface area (Å²) in [5, 5.41) is 16.5. The Morgan fingerprint density at radius 2 is 1.76 bits per heavy atom. The molecule has 3 aromatic carbocycles. The Morgan fingerprint density at radius 3 is 2.43 bits per heavy atom. The summed E-state index contributed by atoms with van der Waals surface area (Å²) >= 11 is 13.9. The topological polar surface area (TPSA) is 94.7 Å². The molecule has 1 saturated carbocycles. The molecule has 0 spiro atoms. The molecule has 6 rings (SSSR count). The number of nitrogens with zero attached hydrogens (tertiary/aromatic N) is 2. The zero-order valence-corrected chi connectivity index (χ0v) is 21.4. The van der Waals surface area contributed by atoms with Gasteiger partial charge in [-0.2, -0.15) is 0 Å². The van der Waals surface area contributed by atoms with Crippen LogP contribution in [0.25, 0.3) is 22.0 Å². The third kappa shape index (κ3) is 4.87. The lowest BCUT2D eigenvalue weighted by molar-refractivity contribution is 0.0702. The van der Waals surface area contributed by atoms with Crippen LogP contribution in [-0.4, -0.2) is 21.2 Å². The van der Waals surface area contributed by atoms with E-state index in [0.717, 1.165) is 46.3 Å². The van der Waals surface area contributed by atoms with Gasteiger partial charge in [0.25, 0.3) is 5.19 Å². The lowest BCUT2D eigenvalue weighted by Gasteiger charge is -2.10. The molecule has 37 heavy (non-hydrogen) atoms. The van der Waals surface area contributed by atoms with Gasteiger partial charge in [0.2, 0.25) is 0 Å². The van der Waals surface area contributed by atoms with E-state index in [-0.39, 0.29) is 16.7 Å². The first kappa shape index (κ1) is 23.8. The number of thiazole rings is 1. The van der Waals surface area contributed by atoms with E-state index >= 15 is 0 Å². The number of hydrogen-bond acceptors (Lipinski definition) is 7. The number of fused-ring (bicyclic) bond motifs is 1. The molecule has 0 unspecified atom stereocenters. The van der Waals surface area contributed by atoms with Crippen molar-refractivity contribution >= 4 is 51.3 Å². The van der Waals surface area contributed by atoms with Crippen molar-refractivity contribution in [2.75, 3.05) is 0 Å². The Kier molecular flexibility index (Phi) is 6.24. The summed E-state index contributed by atoms with van der Waals surface area (Å²) in [6, 6.07) is 16.7. The normalized spacial score (nSPS) is 13.1. The molecule has 10 heteroatoms. The molecule has 1 N–H and O–H groups in total. The molecule has 0 amide bonds. The van der Waals surface area contributed by atoms with Gasteiger partial charge in [-0.1, -0.05) is 57.9 Å². The van der Waals surface area contributed by atoms with Crippen LogP contribution < -0.4 is 9.47 Å². The number of carboxylic acid groups (broad SMARTS) is 1. The molecule has 2 heterocycles. The molecule has 1 aliphatic carbocycles. The highest BCUT2D eigenvalue weighted by molar-refractivity contribution is 7.15. The second-order valence-electron chi connectivity index (χ2n) is 8.60. The molecular formula is C27H18Cl2N2O5S. The number of benzene rings is 3. The fourth-order valence-electron chi connectivity index (χ4n) is 4.06. The second kappa shape index (κ2) is 9.70. The molecule has 0 saturated heterocycles. The molecule has 1 aliphatic rings. The highest BCUT2D eigenvalue weighted by atomic mass is 35.5. The Balaban J connectivity index is 1.23. The van der Waals surface area contributed by atoms with Gasteiger partial charge in [-0.05, 0) is 60.0 Å². The summed E-state index contributed by atoms with van der Waals surface area (Å²) in [6.07, 6.45) is 3.38. The van der Waals surface area contributed by atoms with Crippen molar-refractivity contribution in [1.82, 2.24) is 10.1 Å². The summed E-state index contributed by atoms with van der Waals surface area (Å²) in [4.78, 5) is 15.2. The number of rotatable bonds is 8. The SMILES string of the molecule is O=C(O)c1cnc(Oc2ccc3cc(OCc4c(-c5c(Cl)cccc5Cl)noc4C4CC4)ccc3c2)s1. The van der Waals surface area contributed by atoms with Crippen molar-refractivity contribution in [3.63, 3.8) is 0 Å². The van der Waals surface area contributed by atoms with E-state index in [1.807, 2.05) is 30.3 Å². The first-order chi connectivity index (χ1) is 18.0. The molecule has 0 bridgehead atoms. The lowest BCUT2D eigenvalue weighted by atomic mass is 10.0. The molecule has 2 aromatic heterocycles. The fraction of sp³-hybridized carbons (Fsp3) is 0.148. The average molecular weight is 553 g/mol. The van der Waals surface area contributed by atoms with Crippen LogP contribution >= 0.6 is 34.5 Å². The fourth-order valence-corrected chi connectivity index (χ4v) is 5.26. The molecule has 186 valence electrons. The zero-order chi connectivity index (χ0) is 25.5. The van der Waals surface area contributed by atoms with E-state index in [4.69, 9.17) is 42.3 Å². The zero-order valence-electron chi connectivity index (χ0n) is 19.1. The number of carbonyl (C=O) groups is 1. The Morgan fingerprint density at radius 1 is 1.05 bits per heavy atom. The third-order valence-electron chi connectivity index (χ3n) is 6.03. The number of aromatic nitrogens is 2. The highest BCUT2D eigenvalue weighted by Gasteiger charge is 2.33. The van der Waals surface area contributed by atoms with Crippen molar-refractivity contribution in [2.45, 2.75) is 25.4 Å². The van der Waals surface area contributed by atoms with Gasteiger partial charge in [-0.25, -0.2) is 9.78 Å². The van der Waals surface area contributed by atoms with Gasteiger partial charge in [-0.3, -0.25) is 0 Å². The Labute approximate surface area is 225 Å². The number of carboxylic acids is 1. The van der Waals surface area contributed by atoms with Crippen LogP contribution in [-0.2, 0) is 6.61 Å². The van der Waals surface area contributed by atoms with Crippen molar-refractivity contribution in [1.29, 1.82) is 0 Å². The lowest BCUT2D eigenvalue weighted by Crippen LogP contribution is -2.00. The van der Waals surface area contributed by atoms with Crippen LogP contribution in [0.1, 0.15) is 39.8 Å². The highest BCUT2D eigenvalue weighted by Crippen LogP contribution is 2.46. The monoisotopic (exact) mass is 552 g/mol. The van der Waals surface area contributed by atoms with Crippen LogP contribution in [0.5, 0.6) is 16.7 Å². The predicted octanol–water partition coefficient (Wildman–Crippen LogP) is 8.21. The summed E-state index contributed by atoms with van der Waals surface area (Å²) in [5.41, 5.74) is 2.10. The molecule has 1 fully saturated rings. The van der Waals surface area contributed by atoms with E-state index in [9.17, 15) is 4.79 Å². The van der Waals surface area contributed by atoms with E-state index in [1.54, 1.807) is 24.3 Å². The average Bonchev–Trinajstić information content (AvgIpc) is 3.47. The number of halogens is 2. The van der Waals surface area contributed by atoms with E-state index in [2.05, 4.69) is 10.1 Å². The Bertz CT molecular complexity index is 1620. The number of hydrogen-bond donors (Lipinski definition) is 1. The van der Waals surface area contributed by atoms with Gasteiger partial charge in [-0.15, -0.1) is 0 Å². The smallest absolute Gasteiger partial charge is 0.347 e. The maximum Gasteiger partial charge on any atom is 0.347 e. The first-order valence-electron chi connectivity index (χ1n) is 11.4. The molecule has 5 aromatic rings. The van der Waals surface area contributed by atoms with Crippen LogP contribution in [0.15, 0.2) is 65.3 Å². The summed E-state index contributed by atoms with van der Waals surface area (Å²) < 4.78 is 17.6. The van der Waals surface area contributed by atoms with E-state index < -0.39 is 5.97 Å². The molecule has 0 atom stereocenters. The maximum atomic E-state index is 11.1.